The summed E-state index contributed by atoms with van der Waals surface area (Å²) in [5, 5.41) is 10.8. The third-order valence-corrected chi connectivity index (χ3v) is 4.85. The summed E-state index contributed by atoms with van der Waals surface area (Å²) in [6, 6.07) is 4.02. The Kier molecular flexibility index (Phi) is 6.76. The molecule has 0 aliphatic heterocycles. The maximum Gasteiger partial charge on any atom is 0.425 e. The number of alkyl halides is 3. The number of methoxy groups -OCH3 is 1. The average Bonchev–Trinajstić information content (AvgIpc) is 2.66. The topological polar surface area (TPSA) is 45.1 Å². The summed E-state index contributed by atoms with van der Waals surface area (Å²) in [5.74, 6) is -3.14. The van der Waals surface area contributed by atoms with E-state index in [4.69, 9.17) is 4.74 Å². The van der Waals surface area contributed by atoms with Crippen LogP contribution < -0.4 is 4.74 Å². The zero-order valence-corrected chi connectivity index (χ0v) is 17.2. The third kappa shape index (κ3) is 4.40. The molecule has 30 heavy (non-hydrogen) atoms. The van der Waals surface area contributed by atoms with E-state index in [0.717, 1.165) is 13.2 Å². The number of rotatable bonds is 6. The maximum atomic E-state index is 14.0. The van der Waals surface area contributed by atoms with Gasteiger partial charge >= 0.3 is 6.18 Å². The van der Waals surface area contributed by atoms with Crippen molar-refractivity contribution in [2.75, 3.05) is 14.2 Å². The molecule has 164 valence electrons. The van der Waals surface area contributed by atoms with Gasteiger partial charge in [0.1, 0.15) is 5.75 Å². The Morgan fingerprint density at radius 1 is 1.10 bits per heavy atom. The van der Waals surface area contributed by atoms with Crippen molar-refractivity contribution in [1.82, 2.24) is 4.90 Å². The van der Waals surface area contributed by atoms with Crippen molar-refractivity contribution in [3.8, 4) is 5.75 Å². The first kappa shape index (κ1) is 23.6. The first-order chi connectivity index (χ1) is 13.8. The summed E-state index contributed by atoms with van der Waals surface area (Å²) in [6.07, 6.45) is -3.73. The van der Waals surface area contributed by atoms with Crippen LogP contribution in [0.5, 0.6) is 5.75 Å². The summed E-state index contributed by atoms with van der Waals surface area (Å²) in [7, 11) is 2.94. The number of aliphatic hydroxyl groups is 1. The molecule has 0 saturated heterocycles. The summed E-state index contributed by atoms with van der Waals surface area (Å²) < 4.78 is 74.2. The Hall–Kier alpha value is -2.68. The summed E-state index contributed by atoms with van der Waals surface area (Å²) >= 11 is 0. The van der Waals surface area contributed by atoms with Gasteiger partial charge in [-0.25, -0.2) is 13.8 Å². The highest BCUT2D eigenvalue weighted by atomic mass is 19.4. The zero-order chi connectivity index (χ0) is 22.9. The third-order valence-electron chi connectivity index (χ3n) is 4.85. The minimum absolute atomic E-state index is 0.152. The Morgan fingerprint density at radius 2 is 1.73 bits per heavy atom. The molecule has 9 heteroatoms. The first-order valence-electron chi connectivity index (χ1n) is 9.02. The number of halogens is 5. The molecule has 2 rings (SSSR count). The Balaban J connectivity index is 2.70. The van der Waals surface area contributed by atoms with E-state index >= 15 is 0 Å². The highest BCUT2D eigenvalue weighted by Crippen LogP contribution is 2.48. The molecule has 0 saturated carbocycles. The average molecular weight is 430 g/mol. The van der Waals surface area contributed by atoms with Crippen LogP contribution in [-0.4, -0.2) is 42.7 Å². The smallest absolute Gasteiger partial charge is 0.425 e. The highest BCUT2D eigenvalue weighted by molar-refractivity contribution is 5.66. The number of benzene rings is 2. The van der Waals surface area contributed by atoms with Gasteiger partial charge < -0.3 is 14.7 Å². The molecule has 0 aromatic heterocycles. The van der Waals surface area contributed by atoms with Crippen molar-refractivity contribution in [3.63, 3.8) is 0 Å². The minimum Gasteiger partial charge on any atom is -0.496 e. The van der Waals surface area contributed by atoms with E-state index < -0.39 is 34.5 Å². The zero-order valence-electron chi connectivity index (χ0n) is 17.2. The van der Waals surface area contributed by atoms with Crippen molar-refractivity contribution in [1.29, 1.82) is 0 Å². The van der Waals surface area contributed by atoms with Gasteiger partial charge in [0.15, 0.2) is 11.6 Å². The van der Waals surface area contributed by atoms with E-state index in [1.807, 2.05) is 13.8 Å². The van der Waals surface area contributed by atoms with Crippen molar-refractivity contribution in [2.45, 2.75) is 38.6 Å². The van der Waals surface area contributed by atoms with E-state index in [0.29, 0.717) is 29.4 Å². The number of hydrogen-bond acceptors (Lipinski definition) is 3. The quantitative estimate of drug-likeness (QED) is 0.395. The summed E-state index contributed by atoms with van der Waals surface area (Å²) in [6.45, 7) is 5.40. The lowest BCUT2D eigenvalue weighted by atomic mass is 9.84. The normalized spacial score (nSPS) is 14.3. The molecule has 1 atom stereocenters. The van der Waals surface area contributed by atoms with E-state index in [2.05, 4.69) is 4.99 Å². The van der Waals surface area contributed by atoms with Crippen LogP contribution in [0.25, 0.3) is 0 Å². The minimum atomic E-state index is -5.25. The van der Waals surface area contributed by atoms with Gasteiger partial charge in [-0.05, 0) is 44.5 Å². The highest BCUT2D eigenvalue weighted by Gasteiger charge is 2.58. The van der Waals surface area contributed by atoms with Crippen LogP contribution in [0.2, 0.25) is 0 Å². The summed E-state index contributed by atoms with van der Waals surface area (Å²) in [5.41, 5.74) is -4.50. The molecule has 1 unspecified atom stereocenters. The van der Waals surface area contributed by atoms with Crippen molar-refractivity contribution in [3.05, 3.63) is 58.7 Å². The van der Waals surface area contributed by atoms with Gasteiger partial charge in [-0.15, -0.1) is 0 Å². The molecule has 0 amide bonds. The number of ether oxygens (including phenoxy) is 1. The van der Waals surface area contributed by atoms with Crippen LogP contribution in [0.15, 0.2) is 35.3 Å². The lowest BCUT2D eigenvalue weighted by Gasteiger charge is -2.33. The lowest BCUT2D eigenvalue weighted by Crippen LogP contribution is -2.43. The molecule has 0 radical (unpaired) electrons. The van der Waals surface area contributed by atoms with Gasteiger partial charge in [-0.1, -0.05) is 6.07 Å². The number of nitrogens with zero attached hydrogens (tertiary/aromatic N) is 2. The second kappa shape index (κ2) is 8.59. The predicted octanol–water partition coefficient (Wildman–Crippen LogP) is 5.08. The number of aliphatic imine (C=N–C) groups is 1. The van der Waals surface area contributed by atoms with Crippen molar-refractivity contribution in [2.24, 2.45) is 4.99 Å². The SMILES string of the molecule is COc1cc(/N=C/N(C)C(C)C)c(C)cc1C(O)(c1ccc(F)c(F)c1)C(F)(F)F. The largest absolute Gasteiger partial charge is 0.496 e. The Labute approximate surface area is 171 Å². The number of hydrogen-bond donors (Lipinski definition) is 1. The van der Waals surface area contributed by atoms with Gasteiger partial charge in [0.2, 0.25) is 5.60 Å². The fourth-order valence-electron chi connectivity index (χ4n) is 2.75. The monoisotopic (exact) mass is 430 g/mol. The van der Waals surface area contributed by atoms with Gasteiger partial charge in [0.05, 0.1) is 19.1 Å². The fraction of sp³-hybridized carbons (Fsp3) is 0.381. The molecule has 1 N–H and O–H groups in total. The maximum absolute atomic E-state index is 14.0. The Bertz CT molecular complexity index is 944. The second-order valence-electron chi connectivity index (χ2n) is 7.18. The van der Waals surface area contributed by atoms with Crippen molar-refractivity contribution >= 4 is 12.0 Å². The predicted molar refractivity (Wildman–Crippen MR) is 104 cm³/mol. The van der Waals surface area contributed by atoms with Crippen LogP contribution in [0.1, 0.15) is 30.5 Å². The molecular formula is C21H23F5N2O2. The molecule has 0 bridgehead atoms. The molecule has 0 fully saturated rings. The van der Waals surface area contributed by atoms with E-state index in [-0.39, 0.29) is 11.8 Å². The summed E-state index contributed by atoms with van der Waals surface area (Å²) in [4.78, 5) is 6.07. The Morgan fingerprint density at radius 3 is 2.23 bits per heavy atom. The fourth-order valence-corrected chi connectivity index (χ4v) is 2.75. The first-order valence-corrected chi connectivity index (χ1v) is 9.02. The molecule has 0 aliphatic carbocycles. The number of aryl methyl sites for hydroxylation is 1. The molecule has 2 aromatic rings. The molecule has 4 nitrogen and oxygen atoms in total. The molecule has 2 aromatic carbocycles. The van der Waals surface area contributed by atoms with Crippen LogP contribution in [0.3, 0.4) is 0 Å². The van der Waals surface area contributed by atoms with E-state index in [1.54, 1.807) is 11.9 Å². The molecule has 0 heterocycles. The van der Waals surface area contributed by atoms with Crippen LogP contribution >= 0.6 is 0 Å². The van der Waals surface area contributed by atoms with Crippen LogP contribution in [0, 0.1) is 18.6 Å². The molecule has 0 spiro atoms. The standard InChI is InChI=1S/C21H23F5N2O2/c1-12(2)28(4)11-27-18-10-19(30-5)15(8-13(18)3)20(29,21(24,25)26)14-6-7-16(22)17(23)9-14/h6-12,29H,1-5H3/b27-11+. The van der Waals surface area contributed by atoms with Crippen molar-refractivity contribution < 1.29 is 31.8 Å². The second-order valence-corrected chi connectivity index (χ2v) is 7.18. The molecule has 0 aliphatic rings. The van der Waals surface area contributed by atoms with E-state index in [9.17, 15) is 27.1 Å². The van der Waals surface area contributed by atoms with Gasteiger partial charge in [-0.3, -0.25) is 0 Å². The van der Waals surface area contributed by atoms with Gasteiger partial charge in [0.25, 0.3) is 0 Å². The molecular weight excluding hydrogens is 407 g/mol. The van der Waals surface area contributed by atoms with Gasteiger partial charge in [-0.2, -0.15) is 13.2 Å². The van der Waals surface area contributed by atoms with Crippen LogP contribution in [0.4, 0.5) is 27.6 Å². The lowest BCUT2D eigenvalue weighted by molar-refractivity contribution is -0.248. The van der Waals surface area contributed by atoms with Gasteiger partial charge in [0, 0.05) is 30.3 Å². The van der Waals surface area contributed by atoms with E-state index in [1.165, 1.54) is 19.3 Å². The van der Waals surface area contributed by atoms with Crippen LogP contribution in [-0.2, 0) is 5.60 Å².